The zero-order valence-electron chi connectivity index (χ0n) is 20.7. The minimum Gasteiger partial charge on any atom is -0.393 e. The van der Waals surface area contributed by atoms with Crippen molar-refractivity contribution in [3.8, 4) is 0 Å². The van der Waals surface area contributed by atoms with Crippen molar-refractivity contribution in [3.63, 3.8) is 0 Å². The molecule has 1 atom stereocenters. The Morgan fingerprint density at radius 3 is 2.12 bits per heavy atom. The number of benzene rings is 1. The molecule has 1 aromatic rings. The Morgan fingerprint density at radius 1 is 1.03 bits per heavy atom. The molecule has 3 rings (SSSR count). The number of imide groups is 1. The molecule has 1 saturated heterocycles. The van der Waals surface area contributed by atoms with Crippen molar-refractivity contribution in [1.82, 2.24) is 9.80 Å². The predicted octanol–water partition coefficient (Wildman–Crippen LogP) is 4.61. The van der Waals surface area contributed by atoms with E-state index in [9.17, 15) is 19.5 Å². The number of nitrogens with one attached hydrogen (secondary N) is 1. The highest BCUT2D eigenvalue weighted by Gasteiger charge is 2.57. The summed E-state index contributed by atoms with van der Waals surface area (Å²) in [5.74, 6) is -0.199. The maximum Gasteiger partial charge on any atom is 0.328 e. The van der Waals surface area contributed by atoms with Crippen molar-refractivity contribution in [1.29, 1.82) is 0 Å². The van der Waals surface area contributed by atoms with E-state index in [4.69, 9.17) is 0 Å². The summed E-state index contributed by atoms with van der Waals surface area (Å²) < 4.78 is 0. The molecule has 1 heterocycles. The van der Waals surface area contributed by atoms with Crippen LogP contribution in [0, 0.1) is 0 Å². The van der Waals surface area contributed by atoms with Crippen LogP contribution in [0.3, 0.4) is 0 Å². The number of hydrogen-bond acceptors (Lipinski definition) is 4. The van der Waals surface area contributed by atoms with E-state index in [0.717, 1.165) is 41.0 Å². The molecular weight excluding hydrogens is 418 g/mol. The molecule has 2 N–H and O–H groups in total. The molecule has 2 aliphatic rings. The minimum atomic E-state index is -0.872. The molecule has 0 bridgehead atoms. The number of anilines is 1. The van der Waals surface area contributed by atoms with Gasteiger partial charge in [0.25, 0.3) is 5.91 Å². The van der Waals surface area contributed by atoms with Crippen molar-refractivity contribution in [2.75, 3.05) is 18.4 Å². The zero-order valence-corrected chi connectivity index (χ0v) is 20.7. The molecule has 33 heavy (non-hydrogen) atoms. The Hall–Kier alpha value is -2.41. The molecule has 1 unspecified atom stereocenters. The SMILES string of the molecule is CC(O)CCN1C(=O)N(CC(=O)Nc2c(C(C)C)cccc2C(C)C)C(=O)C12CCCCC2. The molecule has 1 aliphatic heterocycles. The summed E-state index contributed by atoms with van der Waals surface area (Å²) in [4.78, 5) is 42.7. The van der Waals surface area contributed by atoms with Gasteiger partial charge in [-0.3, -0.25) is 14.5 Å². The number of rotatable bonds is 8. The fraction of sp³-hybridized carbons (Fsp3) is 0.654. The molecule has 0 radical (unpaired) electrons. The van der Waals surface area contributed by atoms with Gasteiger partial charge in [0.1, 0.15) is 12.1 Å². The van der Waals surface area contributed by atoms with Gasteiger partial charge in [0, 0.05) is 12.2 Å². The van der Waals surface area contributed by atoms with Crippen molar-refractivity contribution in [3.05, 3.63) is 29.3 Å². The van der Waals surface area contributed by atoms with E-state index >= 15 is 0 Å². The summed E-state index contributed by atoms with van der Waals surface area (Å²) in [7, 11) is 0. The van der Waals surface area contributed by atoms with Gasteiger partial charge >= 0.3 is 6.03 Å². The van der Waals surface area contributed by atoms with E-state index in [1.807, 2.05) is 18.2 Å². The lowest BCUT2D eigenvalue weighted by atomic mass is 9.80. The summed E-state index contributed by atoms with van der Waals surface area (Å²) in [6.07, 6.45) is 3.87. The van der Waals surface area contributed by atoms with E-state index in [1.54, 1.807) is 11.8 Å². The van der Waals surface area contributed by atoms with Crippen molar-refractivity contribution < 1.29 is 19.5 Å². The second-order valence-electron chi connectivity index (χ2n) is 10.2. The fourth-order valence-corrected chi connectivity index (χ4v) is 5.19. The molecule has 1 aliphatic carbocycles. The van der Waals surface area contributed by atoms with E-state index in [-0.39, 0.29) is 30.2 Å². The van der Waals surface area contributed by atoms with Crippen LogP contribution in [0.1, 0.15) is 96.1 Å². The van der Waals surface area contributed by atoms with Crippen LogP contribution >= 0.6 is 0 Å². The van der Waals surface area contributed by atoms with Crippen LogP contribution in [-0.2, 0) is 9.59 Å². The average molecular weight is 458 g/mol. The molecule has 2 fully saturated rings. The molecular formula is C26H39N3O4. The third-order valence-electron chi connectivity index (χ3n) is 7.01. The summed E-state index contributed by atoms with van der Waals surface area (Å²) in [5.41, 5.74) is 1.99. The first-order valence-electron chi connectivity index (χ1n) is 12.3. The smallest absolute Gasteiger partial charge is 0.328 e. The van der Waals surface area contributed by atoms with Crippen molar-refractivity contribution in [2.24, 2.45) is 0 Å². The normalized spacial score (nSPS) is 19.2. The number of amides is 4. The van der Waals surface area contributed by atoms with Crippen molar-refractivity contribution in [2.45, 2.75) is 96.6 Å². The topological polar surface area (TPSA) is 89.9 Å². The highest BCUT2D eigenvalue weighted by Crippen LogP contribution is 2.41. The highest BCUT2D eigenvalue weighted by atomic mass is 16.3. The van der Waals surface area contributed by atoms with Gasteiger partial charge in [0.15, 0.2) is 0 Å². The van der Waals surface area contributed by atoms with Gasteiger partial charge < -0.3 is 15.3 Å². The lowest BCUT2D eigenvalue weighted by molar-refractivity contribution is -0.136. The highest BCUT2D eigenvalue weighted by molar-refractivity contribution is 6.10. The van der Waals surface area contributed by atoms with Crippen LogP contribution in [0.5, 0.6) is 0 Å². The monoisotopic (exact) mass is 457 g/mol. The summed E-state index contributed by atoms with van der Waals surface area (Å²) in [5, 5.41) is 12.8. The third-order valence-corrected chi connectivity index (χ3v) is 7.01. The second-order valence-corrected chi connectivity index (χ2v) is 10.2. The number of carbonyl (C=O) groups excluding carboxylic acids is 3. The number of aliphatic hydroxyl groups excluding tert-OH is 1. The van der Waals surface area contributed by atoms with Crippen LogP contribution in [0.15, 0.2) is 18.2 Å². The molecule has 7 heteroatoms. The fourth-order valence-electron chi connectivity index (χ4n) is 5.19. The van der Waals surface area contributed by atoms with Crippen LogP contribution in [0.4, 0.5) is 10.5 Å². The number of hydrogen-bond donors (Lipinski definition) is 2. The molecule has 4 amide bonds. The van der Waals surface area contributed by atoms with E-state index in [1.165, 1.54) is 0 Å². The molecule has 1 aromatic carbocycles. The lowest BCUT2D eigenvalue weighted by Gasteiger charge is -2.38. The molecule has 7 nitrogen and oxygen atoms in total. The maximum absolute atomic E-state index is 13.5. The lowest BCUT2D eigenvalue weighted by Crippen LogP contribution is -2.51. The van der Waals surface area contributed by atoms with Gasteiger partial charge in [-0.15, -0.1) is 0 Å². The van der Waals surface area contributed by atoms with E-state index in [0.29, 0.717) is 25.8 Å². The predicted molar refractivity (Wildman–Crippen MR) is 129 cm³/mol. The number of carbonyl (C=O) groups is 3. The van der Waals surface area contributed by atoms with Gasteiger partial charge in [-0.05, 0) is 49.1 Å². The van der Waals surface area contributed by atoms with Gasteiger partial charge in [-0.2, -0.15) is 0 Å². The first-order valence-corrected chi connectivity index (χ1v) is 12.3. The number of aliphatic hydroxyl groups is 1. The minimum absolute atomic E-state index is 0.218. The second kappa shape index (κ2) is 10.2. The summed E-state index contributed by atoms with van der Waals surface area (Å²) >= 11 is 0. The first-order chi connectivity index (χ1) is 15.6. The van der Waals surface area contributed by atoms with Crippen LogP contribution in [-0.4, -0.2) is 57.5 Å². The molecule has 1 saturated carbocycles. The molecule has 182 valence electrons. The number of para-hydroxylation sites is 1. The standard InChI is InChI=1S/C26H39N3O4/c1-17(2)20-10-9-11-21(18(3)4)23(20)27-22(31)16-28-24(32)26(13-7-6-8-14-26)29(25(28)33)15-12-19(5)30/h9-11,17-19,30H,6-8,12-16H2,1-5H3,(H,27,31). The van der Waals surface area contributed by atoms with Crippen LogP contribution in [0.25, 0.3) is 0 Å². The third kappa shape index (κ3) is 5.08. The Balaban J connectivity index is 1.84. The molecule has 0 aromatic heterocycles. The number of nitrogens with zero attached hydrogens (tertiary/aromatic N) is 2. The quantitative estimate of drug-likeness (QED) is 0.558. The Labute approximate surface area is 197 Å². The average Bonchev–Trinajstić information content (AvgIpc) is 2.93. The van der Waals surface area contributed by atoms with E-state index < -0.39 is 17.7 Å². The van der Waals surface area contributed by atoms with Gasteiger partial charge in [-0.25, -0.2) is 4.79 Å². The Kier molecular flexibility index (Phi) is 7.83. The van der Waals surface area contributed by atoms with Crippen LogP contribution < -0.4 is 5.32 Å². The van der Waals surface area contributed by atoms with Crippen molar-refractivity contribution >= 4 is 23.5 Å². The zero-order chi connectivity index (χ0) is 24.3. The number of urea groups is 1. The summed E-state index contributed by atoms with van der Waals surface area (Å²) in [6, 6.07) is 5.60. The van der Waals surface area contributed by atoms with Gasteiger partial charge in [-0.1, -0.05) is 65.2 Å². The van der Waals surface area contributed by atoms with Crippen LogP contribution in [0.2, 0.25) is 0 Å². The van der Waals surface area contributed by atoms with Gasteiger partial charge in [0.05, 0.1) is 6.10 Å². The largest absolute Gasteiger partial charge is 0.393 e. The Bertz CT molecular complexity index is 861. The Morgan fingerprint density at radius 2 is 1.61 bits per heavy atom. The van der Waals surface area contributed by atoms with Gasteiger partial charge in [0.2, 0.25) is 5.91 Å². The first kappa shape index (κ1) is 25.2. The van der Waals surface area contributed by atoms with E-state index in [2.05, 4.69) is 33.0 Å². The maximum atomic E-state index is 13.5. The molecule has 1 spiro atoms. The summed E-state index contributed by atoms with van der Waals surface area (Å²) in [6.45, 7) is 10.0.